The Kier molecular flexibility index (Phi) is 10.3. The third-order valence-electron chi connectivity index (χ3n) is 7.10. The molecule has 3 aromatic carbocycles. The molecule has 0 aliphatic heterocycles. The SMILES string of the molecule is COc1ccc(CSCC(=O)N(Cc2ccc(C)cc2)[C@@H](Cc2ccccc2)C(=O)NC2CCCC2)cc1. The molecule has 3 aromatic rings. The second-order valence-corrected chi connectivity index (χ2v) is 11.0. The van der Waals surface area contributed by atoms with Crippen LogP contribution < -0.4 is 10.1 Å². The summed E-state index contributed by atoms with van der Waals surface area (Å²) < 4.78 is 5.25. The molecule has 1 saturated carbocycles. The summed E-state index contributed by atoms with van der Waals surface area (Å²) in [5, 5.41) is 3.27. The first-order valence-corrected chi connectivity index (χ1v) is 14.6. The number of benzene rings is 3. The number of nitrogens with zero attached hydrogens (tertiary/aromatic N) is 1. The summed E-state index contributed by atoms with van der Waals surface area (Å²) in [5.41, 5.74) is 4.37. The molecule has 1 aliphatic rings. The molecule has 6 heteroatoms. The minimum atomic E-state index is -0.576. The Balaban J connectivity index is 1.54. The first-order valence-electron chi connectivity index (χ1n) is 13.4. The lowest BCUT2D eigenvalue weighted by atomic mass is 10.0. The fourth-order valence-electron chi connectivity index (χ4n) is 4.87. The van der Waals surface area contributed by atoms with Crippen molar-refractivity contribution in [2.75, 3.05) is 12.9 Å². The molecule has 0 spiro atoms. The fourth-order valence-corrected chi connectivity index (χ4v) is 5.74. The molecule has 38 heavy (non-hydrogen) atoms. The number of ether oxygens (including phenoxy) is 1. The molecule has 0 bridgehead atoms. The van der Waals surface area contributed by atoms with Gasteiger partial charge in [0.2, 0.25) is 11.8 Å². The van der Waals surface area contributed by atoms with Gasteiger partial charge in [0.25, 0.3) is 0 Å². The van der Waals surface area contributed by atoms with E-state index in [1.54, 1.807) is 23.8 Å². The number of carbonyl (C=O) groups excluding carboxylic acids is 2. The van der Waals surface area contributed by atoms with Crippen LogP contribution in [0.25, 0.3) is 0 Å². The highest BCUT2D eigenvalue weighted by atomic mass is 32.2. The van der Waals surface area contributed by atoms with Crippen molar-refractivity contribution < 1.29 is 14.3 Å². The van der Waals surface area contributed by atoms with Crippen LogP contribution in [0.1, 0.15) is 47.9 Å². The van der Waals surface area contributed by atoms with Crippen LogP contribution in [-0.2, 0) is 28.3 Å². The summed E-state index contributed by atoms with van der Waals surface area (Å²) >= 11 is 1.57. The number of nitrogens with one attached hydrogen (secondary N) is 1. The Labute approximate surface area is 231 Å². The van der Waals surface area contributed by atoms with Crippen LogP contribution >= 0.6 is 11.8 Å². The van der Waals surface area contributed by atoms with Gasteiger partial charge in [-0.2, -0.15) is 0 Å². The second-order valence-electron chi connectivity index (χ2n) is 10.0. The summed E-state index contributed by atoms with van der Waals surface area (Å²) in [6, 6.07) is 25.8. The first-order chi connectivity index (χ1) is 18.5. The Morgan fingerprint density at radius 1 is 0.921 bits per heavy atom. The number of rotatable bonds is 12. The van der Waals surface area contributed by atoms with E-state index in [0.29, 0.717) is 24.5 Å². The van der Waals surface area contributed by atoms with E-state index in [0.717, 1.165) is 48.1 Å². The van der Waals surface area contributed by atoms with Gasteiger partial charge in [-0.1, -0.05) is 85.1 Å². The van der Waals surface area contributed by atoms with Crippen LogP contribution in [0.4, 0.5) is 0 Å². The van der Waals surface area contributed by atoms with Crippen molar-refractivity contribution in [3.8, 4) is 5.75 Å². The van der Waals surface area contributed by atoms with E-state index < -0.39 is 6.04 Å². The molecule has 1 aliphatic carbocycles. The van der Waals surface area contributed by atoms with Gasteiger partial charge in [0.1, 0.15) is 11.8 Å². The minimum Gasteiger partial charge on any atom is -0.497 e. The fraction of sp³-hybridized carbons (Fsp3) is 0.375. The average Bonchev–Trinajstić information content (AvgIpc) is 3.45. The summed E-state index contributed by atoms with van der Waals surface area (Å²) in [5.74, 6) is 1.76. The molecule has 200 valence electrons. The molecule has 0 aromatic heterocycles. The molecule has 1 fully saturated rings. The Hall–Kier alpha value is -3.25. The van der Waals surface area contributed by atoms with Gasteiger partial charge in [-0.05, 0) is 48.6 Å². The van der Waals surface area contributed by atoms with Gasteiger partial charge in [0.05, 0.1) is 12.9 Å². The van der Waals surface area contributed by atoms with E-state index in [9.17, 15) is 9.59 Å². The molecule has 1 N–H and O–H groups in total. The largest absolute Gasteiger partial charge is 0.497 e. The molecular formula is C32H38N2O3S. The number of hydrogen-bond donors (Lipinski definition) is 1. The maximum atomic E-state index is 13.8. The van der Waals surface area contributed by atoms with Crippen molar-refractivity contribution in [2.24, 2.45) is 0 Å². The summed E-state index contributed by atoms with van der Waals surface area (Å²) in [7, 11) is 1.65. The summed E-state index contributed by atoms with van der Waals surface area (Å²) in [4.78, 5) is 29.3. The smallest absolute Gasteiger partial charge is 0.243 e. The van der Waals surface area contributed by atoms with Crippen LogP contribution in [0.5, 0.6) is 5.75 Å². The van der Waals surface area contributed by atoms with E-state index in [1.165, 1.54) is 5.56 Å². The molecule has 0 radical (unpaired) electrons. The van der Waals surface area contributed by atoms with E-state index in [-0.39, 0.29) is 17.9 Å². The number of carbonyl (C=O) groups is 2. The number of amides is 2. The lowest BCUT2D eigenvalue weighted by Crippen LogP contribution is -2.52. The van der Waals surface area contributed by atoms with Crippen molar-refractivity contribution in [3.63, 3.8) is 0 Å². The van der Waals surface area contributed by atoms with Gasteiger partial charge in [-0.25, -0.2) is 0 Å². The zero-order valence-electron chi connectivity index (χ0n) is 22.4. The molecule has 0 saturated heterocycles. The van der Waals surface area contributed by atoms with Crippen molar-refractivity contribution >= 4 is 23.6 Å². The van der Waals surface area contributed by atoms with E-state index in [4.69, 9.17) is 4.74 Å². The predicted molar refractivity (Wildman–Crippen MR) is 155 cm³/mol. The van der Waals surface area contributed by atoms with E-state index >= 15 is 0 Å². The number of methoxy groups -OCH3 is 1. The Morgan fingerprint density at radius 2 is 1.58 bits per heavy atom. The molecule has 0 unspecified atom stereocenters. The van der Waals surface area contributed by atoms with Gasteiger partial charge in [0, 0.05) is 24.8 Å². The zero-order valence-corrected chi connectivity index (χ0v) is 23.2. The summed E-state index contributed by atoms with van der Waals surface area (Å²) in [6.07, 6.45) is 4.78. The summed E-state index contributed by atoms with van der Waals surface area (Å²) in [6.45, 7) is 2.45. The molecular weight excluding hydrogens is 492 g/mol. The lowest BCUT2D eigenvalue weighted by molar-refractivity contribution is -0.139. The van der Waals surface area contributed by atoms with E-state index in [2.05, 4.69) is 36.5 Å². The predicted octanol–water partition coefficient (Wildman–Crippen LogP) is 5.94. The van der Waals surface area contributed by atoms with Gasteiger partial charge in [-0.3, -0.25) is 9.59 Å². The highest BCUT2D eigenvalue weighted by Crippen LogP contribution is 2.22. The monoisotopic (exact) mass is 530 g/mol. The normalized spacial score (nSPS) is 14.2. The third kappa shape index (κ3) is 8.12. The second kappa shape index (κ2) is 14.1. The van der Waals surface area contributed by atoms with Crippen molar-refractivity contribution in [2.45, 2.75) is 63.4 Å². The highest BCUT2D eigenvalue weighted by Gasteiger charge is 2.32. The van der Waals surface area contributed by atoms with E-state index in [1.807, 2.05) is 54.6 Å². The molecule has 1 atom stereocenters. The van der Waals surface area contributed by atoms with Gasteiger partial charge in [0.15, 0.2) is 0 Å². The molecule has 2 amide bonds. The average molecular weight is 531 g/mol. The van der Waals surface area contributed by atoms with Crippen LogP contribution in [0.15, 0.2) is 78.9 Å². The first kappa shape index (κ1) is 27.8. The zero-order chi connectivity index (χ0) is 26.7. The van der Waals surface area contributed by atoms with Gasteiger partial charge in [-0.15, -0.1) is 11.8 Å². The molecule has 4 rings (SSSR count). The lowest BCUT2D eigenvalue weighted by Gasteiger charge is -2.32. The van der Waals surface area contributed by atoms with Crippen LogP contribution in [0, 0.1) is 6.92 Å². The van der Waals surface area contributed by atoms with Crippen molar-refractivity contribution in [3.05, 3.63) is 101 Å². The number of aryl methyl sites for hydroxylation is 1. The van der Waals surface area contributed by atoms with Gasteiger partial charge >= 0.3 is 0 Å². The van der Waals surface area contributed by atoms with Crippen molar-refractivity contribution in [1.29, 1.82) is 0 Å². The Morgan fingerprint density at radius 3 is 2.24 bits per heavy atom. The minimum absolute atomic E-state index is 0.0217. The van der Waals surface area contributed by atoms with Crippen LogP contribution in [0.2, 0.25) is 0 Å². The quantitative estimate of drug-likeness (QED) is 0.315. The molecule has 5 nitrogen and oxygen atoms in total. The van der Waals surface area contributed by atoms with Crippen LogP contribution in [-0.4, -0.2) is 41.7 Å². The van der Waals surface area contributed by atoms with Gasteiger partial charge < -0.3 is 15.0 Å². The standard InChI is InChI=1S/C32H38N2O3S/c1-24-12-14-26(15-13-24)21-34(31(35)23-38-22-27-16-18-29(37-2)19-17-27)30(20-25-8-4-3-5-9-25)32(36)33-28-10-6-7-11-28/h3-5,8-9,12-19,28,30H,6-7,10-11,20-23H2,1-2H3,(H,33,36)/t30-/m0/s1. The van der Waals surface area contributed by atoms with Crippen molar-refractivity contribution in [1.82, 2.24) is 10.2 Å². The topological polar surface area (TPSA) is 58.6 Å². The maximum absolute atomic E-state index is 13.8. The number of thioether (sulfide) groups is 1. The Bertz CT molecular complexity index is 1160. The molecule has 0 heterocycles. The third-order valence-corrected chi connectivity index (χ3v) is 8.09. The highest BCUT2D eigenvalue weighted by molar-refractivity contribution is 7.99. The maximum Gasteiger partial charge on any atom is 0.243 e. The number of hydrogen-bond acceptors (Lipinski definition) is 4. The van der Waals surface area contributed by atoms with Crippen LogP contribution in [0.3, 0.4) is 0 Å².